The van der Waals surface area contributed by atoms with E-state index >= 15 is 0 Å². The van der Waals surface area contributed by atoms with E-state index in [1.165, 1.54) is 11.4 Å². The molecule has 2 aromatic heterocycles. The number of carbonyl (C=O) groups excluding carboxylic acids is 3. The van der Waals surface area contributed by atoms with Gasteiger partial charge in [0.1, 0.15) is 0 Å². The first-order valence-electron chi connectivity index (χ1n) is 8.13. The number of aromatic nitrogens is 4. The number of rotatable bonds is 5. The van der Waals surface area contributed by atoms with Crippen molar-refractivity contribution in [2.75, 3.05) is 11.9 Å². The molecule has 0 radical (unpaired) electrons. The number of anilines is 1. The topological polar surface area (TPSA) is 116 Å². The molecule has 2 heterocycles. The zero-order valence-electron chi connectivity index (χ0n) is 15.0. The van der Waals surface area contributed by atoms with E-state index < -0.39 is 18.5 Å². The zero-order chi connectivity index (χ0) is 19.6. The minimum atomic E-state index is -0.840. The van der Waals surface area contributed by atoms with Crippen molar-refractivity contribution in [3.63, 3.8) is 0 Å². The first-order valence-corrected chi connectivity index (χ1v) is 8.13. The Labute approximate surface area is 154 Å². The lowest BCUT2D eigenvalue weighted by molar-refractivity contribution is -0.119. The van der Waals surface area contributed by atoms with Gasteiger partial charge in [0.05, 0.1) is 5.69 Å². The highest BCUT2D eigenvalue weighted by Gasteiger charge is 2.18. The first kappa shape index (κ1) is 18.2. The third-order valence-electron chi connectivity index (χ3n) is 3.72. The molecule has 0 saturated carbocycles. The number of hydrogen-bond donors (Lipinski definition) is 1. The number of nitrogens with one attached hydrogen (secondary N) is 1. The maximum atomic E-state index is 12.1. The van der Waals surface area contributed by atoms with Crippen molar-refractivity contribution in [3.05, 3.63) is 53.1 Å². The number of hydrogen-bond acceptors (Lipinski definition) is 7. The van der Waals surface area contributed by atoms with Gasteiger partial charge in [-0.1, -0.05) is 12.1 Å². The van der Waals surface area contributed by atoms with Crippen LogP contribution < -0.4 is 5.32 Å². The number of aryl methyl sites for hydroxylation is 2. The number of ketones is 1. The summed E-state index contributed by atoms with van der Waals surface area (Å²) >= 11 is 0. The molecule has 0 atom stereocenters. The average Bonchev–Trinajstić information content (AvgIpc) is 3.04. The van der Waals surface area contributed by atoms with Crippen LogP contribution >= 0.6 is 0 Å². The monoisotopic (exact) mass is 367 g/mol. The maximum Gasteiger partial charge on any atom is 0.378 e. The van der Waals surface area contributed by atoms with Crippen LogP contribution in [0.5, 0.6) is 0 Å². The Morgan fingerprint density at radius 3 is 2.63 bits per heavy atom. The first-order chi connectivity index (χ1) is 12.8. The third kappa shape index (κ3) is 3.97. The van der Waals surface area contributed by atoms with Gasteiger partial charge >= 0.3 is 5.97 Å². The Hall–Kier alpha value is -3.62. The molecule has 3 rings (SSSR count). The fourth-order valence-corrected chi connectivity index (χ4v) is 2.53. The predicted octanol–water partition coefficient (Wildman–Crippen LogP) is 1.74. The van der Waals surface area contributed by atoms with Crippen molar-refractivity contribution < 1.29 is 19.1 Å². The average molecular weight is 367 g/mol. The summed E-state index contributed by atoms with van der Waals surface area (Å²) in [6.07, 6.45) is 0. The summed E-state index contributed by atoms with van der Waals surface area (Å²) < 4.78 is 6.38. The number of para-hydroxylation sites is 1. The van der Waals surface area contributed by atoms with Crippen molar-refractivity contribution in [2.45, 2.75) is 20.8 Å². The number of nitrogens with zero attached hydrogens (tertiary/aromatic N) is 4. The van der Waals surface area contributed by atoms with Crippen LogP contribution in [-0.4, -0.2) is 43.8 Å². The molecule has 0 aliphatic rings. The summed E-state index contributed by atoms with van der Waals surface area (Å²) in [5, 5.41) is 6.59. The standard InChI is InChI=1S/C18H17N5O4/c1-10-8-11(2)23-18(19-10)21-16(22-23)17(26)27-9-15(25)20-14-7-5-4-6-13(14)12(3)24/h4-8H,9H2,1-3H3,(H,20,25). The lowest BCUT2D eigenvalue weighted by atomic mass is 10.1. The summed E-state index contributed by atoms with van der Waals surface area (Å²) in [5.41, 5.74) is 2.24. The number of ether oxygens (including phenoxy) is 1. The second-order valence-electron chi connectivity index (χ2n) is 5.91. The van der Waals surface area contributed by atoms with Gasteiger partial charge in [-0.15, -0.1) is 5.10 Å². The van der Waals surface area contributed by atoms with Crippen LogP contribution in [0.1, 0.15) is 39.3 Å². The lowest BCUT2D eigenvalue weighted by Crippen LogP contribution is -2.22. The van der Waals surface area contributed by atoms with Gasteiger partial charge in [-0.25, -0.2) is 14.3 Å². The molecular weight excluding hydrogens is 350 g/mol. The number of Topliss-reactive ketones (excluding diaryl/α,β-unsaturated/α-hetero) is 1. The quantitative estimate of drug-likeness (QED) is 0.539. The zero-order valence-corrected chi connectivity index (χ0v) is 15.0. The SMILES string of the molecule is CC(=O)c1ccccc1NC(=O)COC(=O)c1nc2nc(C)cc(C)n2n1. The van der Waals surface area contributed by atoms with E-state index in [9.17, 15) is 14.4 Å². The summed E-state index contributed by atoms with van der Waals surface area (Å²) in [6.45, 7) is 4.48. The van der Waals surface area contributed by atoms with E-state index in [0.29, 0.717) is 11.3 Å². The van der Waals surface area contributed by atoms with Crippen LogP contribution in [0, 0.1) is 13.8 Å². The molecule has 138 valence electrons. The lowest BCUT2D eigenvalue weighted by Gasteiger charge is -2.08. The van der Waals surface area contributed by atoms with Gasteiger partial charge in [-0.2, -0.15) is 4.98 Å². The molecule has 0 unspecified atom stereocenters. The van der Waals surface area contributed by atoms with Crippen molar-refractivity contribution >= 4 is 29.1 Å². The van der Waals surface area contributed by atoms with Gasteiger partial charge < -0.3 is 10.1 Å². The Balaban J connectivity index is 1.66. The Morgan fingerprint density at radius 2 is 1.89 bits per heavy atom. The maximum absolute atomic E-state index is 12.1. The van der Waals surface area contributed by atoms with Gasteiger partial charge in [0, 0.05) is 17.0 Å². The molecule has 3 aromatic rings. The van der Waals surface area contributed by atoms with Gasteiger partial charge in [0.15, 0.2) is 12.4 Å². The van der Waals surface area contributed by atoms with Crippen LogP contribution in [0.4, 0.5) is 5.69 Å². The summed E-state index contributed by atoms with van der Waals surface area (Å²) in [6, 6.07) is 8.38. The molecular formula is C18H17N5O4. The van der Waals surface area contributed by atoms with E-state index in [4.69, 9.17) is 4.74 Å². The molecule has 1 amide bonds. The highest BCUT2D eigenvalue weighted by molar-refractivity contribution is 6.04. The van der Waals surface area contributed by atoms with E-state index in [0.717, 1.165) is 11.4 Å². The molecule has 0 aliphatic heterocycles. The predicted molar refractivity (Wildman–Crippen MR) is 95.6 cm³/mol. The highest BCUT2D eigenvalue weighted by atomic mass is 16.5. The second kappa shape index (κ2) is 7.32. The molecule has 0 aliphatic carbocycles. The number of carbonyl (C=O) groups is 3. The largest absolute Gasteiger partial charge is 0.450 e. The van der Waals surface area contributed by atoms with Gasteiger partial charge in [-0.05, 0) is 39.0 Å². The van der Waals surface area contributed by atoms with Crippen LogP contribution in [0.3, 0.4) is 0 Å². The van der Waals surface area contributed by atoms with E-state index in [-0.39, 0.29) is 17.4 Å². The summed E-state index contributed by atoms with van der Waals surface area (Å²) in [4.78, 5) is 43.9. The Kier molecular flexibility index (Phi) is 4.93. The van der Waals surface area contributed by atoms with Gasteiger partial charge in [-0.3, -0.25) is 9.59 Å². The molecule has 0 bridgehead atoms. The summed E-state index contributed by atoms with van der Waals surface area (Å²) in [7, 11) is 0. The normalized spacial score (nSPS) is 10.6. The minimum Gasteiger partial charge on any atom is -0.450 e. The van der Waals surface area contributed by atoms with E-state index in [1.54, 1.807) is 30.3 Å². The molecule has 0 spiro atoms. The Morgan fingerprint density at radius 1 is 1.15 bits per heavy atom. The van der Waals surface area contributed by atoms with Gasteiger partial charge in [0.25, 0.3) is 17.5 Å². The fourth-order valence-electron chi connectivity index (χ4n) is 2.53. The van der Waals surface area contributed by atoms with Gasteiger partial charge in [0.2, 0.25) is 0 Å². The molecule has 9 heteroatoms. The minimum absolute atomic E-state index is 0.185. The molecule has 27 heavy (non-hydrogen) atoms. The highest BCUT2D eigenvalue weighted by Crippen LogP contribution is 2.15. The summed E-state index contributed by atoms with van der Waals surface area (Å²) in [5.74, 6) is -1.51. The Bertz CT molecular complexity index is 1060. The van der Waals surface area contributed by atoms with Crippen LogP contribution in [0.25, 0.3) is 5.78 Å². The van der Waals surface area contributed by atoms with Crippen molar-refractivity contribution in [1.29, 1.82) is 0 Å². The number of benzene rings is 1. The molecule has 1 aromatic carbocycles. The van der Waals surface area contributed by atoms with E-state index in [1.807, 2.05) is 13.8 Å². The van der Waals surface area contributed by atoms with Crippen LogP contribution in [0.15, 0.2) is 30.3 Å². The fraction of sp³-hybridized carbons (Fsp3) is 0.222. The molecule has 9 nitrogen and oxygen atoms in total. The molecule has 0 fully saturated rings. The van der Waals surface area contributed by atoms with Crippen LogP contribution in [-0.2, 0) is 9.53 Å². The molecule has 1 N–H and O–H groups in total. The van der Waals surface area contributed by atoms with Crippen molar-refractivity contribution in [2.24, 2.45) is 0 Å². The van der Waals surface area contributed by atoms with Crippen molar-refractivity contribution in [1.82, 2.24) is 19.6 Å². The van der Waals surface area contributed by atoms with Crippen LogP contribution in [0.2, 0.25) is 0 Å². The van der Waals surface area contributed by atoms with Crippen molar-refractivity contribution in [3.8, 4) is 0 Å². The van der Waals surface area contributed by atoms with E-state index in [2.05, 4.69) is 20.4 Å². The smallest absolute Gasteiger partial charge is 0.378 e. The number of fused-ring (bicyclic) bond motifs is 1. The third-order valence-corrected chi connectivity index (χ3v) is 3.72. The number of amides is 1. The number of esters is 1. The second-order valence-corrected chi connectivity index (χ2v) is 5.91. The molecule has 0 saturated heterocycles.